The number of benzene rings is 1. The van der Waals surface area contributed by atoms with Crippen LogP contribution in [-0.2, 0) is 4.79 Å². The van der Waals surface area contributed by atoms with Gasteiger partial charge < -0.3 is 5.32 Å². The van der Waals surface area contributed by atoms with Crippen molar-refractivity contribution in [3.8, 4) is 0 Å². The molecule has 4 bridgehead atoms. The van der Waals surface area contributed by atoms with Gasteiger partial charge in [0.05, 0.1) is 16.1 Å². The van der Waals surface area contributed by atoms with Crippen LogP contribution in [0.25, 0.3) is 0 Å². The number of hydrogen-bond donors (Lipinski definition) is 1. The molecule has 1 aromatic rings. The van der Waals surface area contributed by atoms with Crippen LogP contribution in [0.3, 0.4) is 0 Å². The summed E-state index contributed by atoms with van der Waals surface area (Å²) in [5, 5.41) is 3.65. The summed E-state index contributed by atoms with van der Waals surface area (Å²) in [6.45, 7) is 0. The van der Waals surface area contributed by atoms with Gasteiger partial charge in [-0.05, 0) is 62.5 Å². The SMILES string of the molecule is O=C(Nc1ccccc1Cl)C12CC3CC(CC(Cl)(C3)C1)C2. The molecule has 0 aromatic heterocycles. The highest BCUT2D eigenvalue weighted by atomic mass is 35.5. The Labute approximate surface area is 135 Å². The van der Waals surface area contributed by atoms with Crippen LogP contribution in [-0.4, -0.2) is 10.8 Å². The maximum Gasteiger partial charge on any atom is 0.230 e. The van der Waals surface area contributed by atoms with Gasteiger partial charge in [0, 0.05) is 4.87 Å². The normalized spacial score (nSPS) is 40.3. The average molecular weight is 324 g/mol. The zero-order valence-corrected chi connectivity index (χ0v) is 13.4. The van der Waals surface area contributed by atoms with Crippen LogP contribution in [0.5, 0.6) is 0 Å². The van der Waals surface area contributed by atoms with Crippen LogP contribution < -0.4 is 5.32 Å². The molecule has 4 fully saturated rings. The monoisotopic (exact) mass is 323 g/mol. The number of carbonyl (C=O) groups is 1. The predicted octanol–water partition coefficient (Wildman–Crippen LogP) is 4.86. The maximum absolute atomic E-state index is 12.9. The van der Waals surface area contributed by atoms with Crippen molar-refractivity contribution in [3.05, 3.63) is 29.3 Å². The highest BCUT2D eigenvalue weighted by Crippen LogP contribution is 2.64. The summed E-state index contributed by atoms with van der Waals surface area (Å²) in [5.74, 6) is 1.37. The third-order valence-electron chi connectivity index (χ3n) is 5.59. The lowest BCUT2D eigenvalue weighted by molar-refractivity contribution is -0.138. The Morgan fingerprint density at radius 1 is 1.14 bits per heavy atom. The molecule has 0 heterocycles. The van der Waals surface area contributed by atoms with Crippen LogP contribution in [0.15, 0.2) is 24.3 Å². The summed E-state index contributed by atoms with van der Waals surface area (Å²) in [6, 6.07) is 7.43. The zero-order chi connectivity index (χ0) is 14.7. The van der Waals surface area contributed by atoms with E-state index in [9.17, 15) is 4.79 Å². The summed E-state index contributed by atoms with van der Waals surface area (Å²) in [7, 11) is 0. The van der Waals surface area contributed by atoms with Gasteiger partial charge >= 0.3 is 0 Å². The molecule has 1 N–H and O–H groups in total. The Morgan fingerprint density at radius 3 is 2.43 bits per heavy atom. The summed E-state index contributed by atoms with van der Waals surface area (Å²) in [5.41, 5.74) is 0.439. The van der Waals surface area contributed by atoms with E-state index in [2.05, 4.69) is 5.32 Å². The van der Waals surface area contributed by atoms with Crippen LogP contribution in [0.1, 0.15) is 38.5 Å². The number of rotatable bonds is 2. The fraction of sp³-hybridized carbons (Fsp3) is 0.588. The minimum atomic E-state index is -0.273. The smallest absolute Gasteiger partial charge is 0.230 e. The number of alkyl halides is 1. The minimum Gasteiger partial charge on any atom is -0.324 e. The van der Waals surface area contributed by atoms with Crippen molar-refractivity contribution >= 4 is 34.8 Å². The number of para-hydroxylation sites is 1. The fourth-order valence-corrected chi connectivity index (χ4v) is 6.11. The number of amides is 1. The van der Waals surface area contributed by atoms with Crippen LogP contribution >= 0.6 is 23.2 Å². The van der Waals surface area contributed by atoms with Crippen molar-refractivity contribution in [2.45, 2.75) is 43.4 Å². The number of carbonyl (C=O) groups excluding carboxylic acids is 1. The van der Waals surface area contributed by atoms with Gasteiger partial charge in [-0.2, -0.15) is 0 Å². The highest BCUT2D eigenvalue weighted by Gasteiger charge is 2.60. The largest absolute Gasteiger partial charge is 0.324 e. The van der Waals surface area contributed by atoms with Gasteiger partial charge in [-0.25, -0.2) is 0 Å². The van der Waals surface area contributed by atoms with Crippen molar-refractivity contribution < 1.29 is 4.79 Å². The van der Waals surface area contributed by atoms with E-state index < -0.39 is 0 Å². The molecule has 5 rings (SSSR count). The third-order valence-corrected chi connectivity index (χ3v) is 6.37. The van der Waals surface area contributed by atoms with Crippen molar-refractivity contribution in [2.24, 2.45) is 17.3 Å². The van der Waals surface area contributed by atoms with Crippen molar-refractivity contribution in [2.75, 3.05) is 5.32 Å². The Hall–Kier alpha value is -0.730. The molecule has 21 heavy (non-hydrogen) atoms. The van der Waals surface area contributed by atoms with E-state index in [4.69, 9.17) is 23.2 Å². The molecule has 0 spiro atoms. The molecule has 4 heteroatoms. The Balaban J connectivity index is 1.61. The van der Waals surface area contributed by atoms with Crippen LogP contribution in [0.4, 0.5) is 5.69 Å². The van der Waals surface area contributed by atoms with E-state index in [1.54, 1.807) is 6.07 Å². The van der Waals surface area contributed by atoms with E-state index in [1.807, 2.05) is 18.2 Å². The molecule has 1 amide bonds. The third kappa shape index (κ3) is 2.27. The molecular weight excluding hydrogens is 305 g/mol. The molecule has 0 aliphatic heterocycles. The predicted molar refractivity (Wildman–Crippen MR) is 85.8 cm³/mol. The Kier molecular flexibility index (Phi) is 3.07. The van der Waals surface area contributed by atoms with Crippen molar-refractivity contribution in [1.29, 1.82) is 0 Å². The number of nitrogens with one attached hydrogen (secondary N) is 1. The number of halogens is 2. The van der Waals surface area contributed by atoms with Gasteiger partial charge in [-0.1, -0.05) is 23.7 Å². The molecular formula is C17H19Cl2NO. The van der Waals surface area contributed by atoms with E-state index >= 15 is 0 Å². The molecule has 0 saturated heterocycles. The van der Waals surface area contributed by atoms with Crippen molar-refractivity contribution in [3.63, 3.8) is 0 Å². The lowest BCUT2D eigenvalue weighted by Gasteiger charge is -2.59. The Morgan fingerprint density at radius 2 is 1.81 bits per heavy atom. The van der Waals surface area contributed by atoms with Gasteiger partial charge in [0.25, 0.3) is 0 Å². The first-order valence-electron chi connectivity index (χ1n) is 7.73. The van der Waals surface area contributed by atoms with Gasteiger partial charge in [0.2, 0.25) is 5.91 Å². The van der Waals surface area contributed by atoms with E-state index in [0.29, 0.717) is 22.5 Å². The molecule has 4 saturated carbocycles. The summed E-state index contributed by atoms with van der Waals surface area (Å²) in [6.07, 6.45) is 6.25. The second-order valence-corrected chi connectivity index (χ2v) is 8.54. The summed E-state index contributed by atoms with van der Waals surface area (Å²) >= 11 is 13.0. The molecule has 2 atom stereocenters. The standard InChI is InChI=1S/C17H19Cl2NO/c18-13-3-1-2-4-14(13)20-15(21)16-6-11-5-12(7-16)9-17(19,8-11)10-16/h1-4,11-12H,5-10H2,(H,20,21). The van der Waals surface area contributed by atoms with Gasteiger partial charge in [-0.15, -0.1) is 11.6 Å². The minimum absolute atomic E-state index is 0.120. The molecule has 1 aromatic carbocycles. The fourth-order valence-electron chi connectivity index (χ4n) is 5.23. The highest BCUT2D eigenvalue weighted by molar-refractivity contribution is 6.33. The molecule has 4 aliphatic carbocycles. The first-order chi connectivity index (χ1) is 9.98. The first kappa shape index (κ1) is 13.9. The lowest BCUT2D eigenvalue weighted by atomic mass is 9.49. The zero-order valence-electron chi connectivity index (χ0n) is 11.9. The topological polar surface area (TPSA) is 29.1 Å². The van der Waals surface area contributed by atoms with Gasteiger partial charge in [0.1, 0.15) is 0 Å². The molecule has 0 radical (unpaired) electrons. The molecule has 2 unspecified atom stereocenters. The maximum atomic E-state index is 12.9. The summed E-state index contributed by atoms with van der Waals surface area (Å²) in [4.78, 5) is 12.8. The summed E-state index contributed by atoms with van der Waals surface area (Å²) < 4.78 is 0. The van der Waals surface area contributed by atoms with E-state index in [-0.39, 0.29) is 16.2 Å². The average Bonchev–Trinajstić information content (AvgIpc) is 2.38. The van der Waals surface area contributed by atoms with Crippen molar-refractivity contribution in [1.82, 2.24) is 0 Å². The Bertz CT molecular complexity index is 586. The number of anilines is 1. The molecule has 4 aliphatic rings. The van der Waals surface area contributed by atoms with Crippen LogP contribution in [0.2, 0.25) is 5.02 Å². The second-order valence-electron chi connectivity index (χ2n) is 7.33. The van der Waals surface area contributed by atoms with E-state index in [0.717, 1.165) is 32.1 Å². The van der Waals surface area contributed by atoms with Crippen LogP contribution in [0, 0.1) is 17.3 Å². The number of hydrogen-bond acceptors (Lipinski definition) is 1. The first-order valence-corrected chi connectivity index (χ1v) is 8.49. The quantitative estimate of drug-likeness (QED) is 0.774. The van der Waals surface area contributed by atoms with Gasteiger partial charge in [0.15, 0.2) is 0 Å². The molecule has 112 valence electrons. The van der Waals surface area contributed by atoms with E-state index in [1.165, 1.54) is 6.42 Å². The lowest BCUT2D eigenvalue weighted by Crippen LogP contribution is -2.57. The molecule has 2 nitrogen and oxygen atoms in total. The van der Waals surface area contributed by atoms with Gasteiger partial charge in [-0.3, -0.25) is 4.79 Å². The second kappa shape index (κ2) is 4.63.